The normalized spacial score (nSPS) is 14.5. The topological polar surface area (TPSA) is 216 Å². The molecule has 14 nitrogen and oxygen atoms in total. The third-order valence-electron chi connectivity index (χ3n) is 7.44. The number of hydrogen-bond acceptors (Lipinski definition) is 12. The number of allylic oxidation sites excluding steroid dienone is 3. The molecule has 5 aromatic rings. The van der Waals surface area contributed by atoms with Crippen molar-refractivity contribution >= 4 is 55.4 Å². The van der Waals surface area contributed by atoms with Crippen LogP contribution in [-0.2, 0) is 19.7 Å². The first-order valence-corrected chi connectivity index (χ1v) is 16.1. The summed E-state index contributed by atoms with van der Waals surface area (Å²) in [5, 5.41) is 21.5. The number of aliphatic carboxylic acids is 1. The Balaban J connectivity index is 1.16. The van der Waals surface area contributed by atoms with Gasteiger partial charge in [-0.05, 0) is 77.9 Å². The third-order valence-corrected chi connectivity index (χ3v) is 8.35. The van der Waals surface area contributed by atoms with Gasteiger partial charge >= 0.3 is 5.97 Å². The summed E-state index contributed by atoms with van der Waals surface area (Å²) in [4.78, 5) is 48.2. The number of carboxylic acids is 1. The fourth-order valence-corrected chi connectivity index (χ4v) is 5.63. The lowest BCUT2D eigenvalue weighted by Crippen LogP contribution is -2.47. The molecule has 15 heteroatoms. The zero-order valence-electron chi connectivity index (χ0n) is 25.6. The monoisotopic (exact) mass is 688 g/mol. The second-order valence-corrected chi connectivity index (χ2v) is 12.1. The van der Waals surface area contributed by atoms with Gasteiger partial charge in [0.1, 0.15) is 15.8 Å². The molecule has 0 aromatic heterocycles. The molecule has 0 unspecified atom stereocenters. The van der Waals surface area contributed by atoms with Gasteiger partial charge in [-0.25, -0.2) is 4.79 Å². The van der Waals surface area contributed by atoms with E-state index in [1.165, 1.54) is 36.4 Å². The van der Waals surface area contributed by atoms with Gasteiger partial charge in [0.25, 0.3) is 10.1 Å². The minimum atomic E-state index is -4.50. The molecule has 0 aliphatic heterocycles. The van der Waals surface area contributed by atoms with E-state index in [0.717, 1.165) is 23.3 Å². The van der Waals surface area contributed by atoms with Crippen molar-refractivity contribution in [1.29, 1.82) is 0 Å². The van der Waals surface area contributed by atoms with Gasteiger partial charge in [0.15, 0.2) is 11.1 Å². The minimum absolute atomic E-state index is 0.0718. The Hall–Kier alpha value is -6.84. The summed E-state index contributed by atoms with van der Waals surface area (Å²) in [5.41, 5.74) is 10.1. The molecule has 0 saturated heterocycles. The van der Waals surface area contributed by atoms with E-state index in [9.17, 15) is 32.1 Å². The molecule has 0 spiro atoms. The van der Waals surface area contributed by atoms with E-state index in [4.69, 9.17) is 5.11 Å². The Morgan fingerprint density at radius 2 is 1.28 bits per heavy atom. The molecule has 50 heavy (non-hydrogen) atoms. The van der Waals surface area contributed by atoms with Crippen LogP contribution in [0.25, 0.3) is 21.9 Å². The van der Waals surface area contributed by atoms with Gasteiger partial charge in [-0.1, -0.05) is 48.5 Å². The smallest absolute Gasteiger partial charge is 0.339 e. The van der Waals surface area contributed by atoms with E-state index >= 15 is 0 Å². The van der Waals surface area contributed by atoms with Gasteiger partial charge in [-0.15, -0.1) is 0 Å². The predicted molar refractivity (Wildman–Crippen MR) is 186 cm³/mol. The number of carboxylic acid groups (broad SMARTS) is 1. The molecule has 0 bridgehead atoms. The van der Waals surface area contributed by atoms with Gasteiger partial charge in [0.2, 0.25) is 10.9 Å². The average molecular weight is 689 g/mol. The average Bonchev–Trinajstić information content (AvgIpc) is 3.10. The number of hydrazone groups is 1. The van der Waals surface area contributed by atoms with E-state index in [1.54, 1.807) is 42.5 Å². The van der Waals surface area contributed by atoms with Crippen molar-refractivity contribution in [1.82, 2.24) is 0 Å². The Bertz CT molecular complexity index is 2620. The zero-order valence-corrected chi connectivity index (χ0v) is 26.4. The second-order valence-electron chi connectivity index (χ2n) is 10.7. The van der Waals surface area contributed by atoms with Crippen LogP contribution >= 0.6 is 0 Å². The molecule has 0 heterocycles. The molecule has 0 atom stereocenters. The maximum absolute atomic E-state index is 13.1. The summed E-state index contributed by atoms with van der Waals surface area (Å²) in [6.07, 6.45) is 3.76. The maximum atomic E-state index is 13.1. The van der Waals surface area contributed by atoms with Crippen LogP contribution in [0.2, 0.25) is 0 Å². The Morgan fingerprint density at radius 3 is 1.90 bits per heavy atom. The molecule has 248 valence electrons. The van der Waals surface area contributed by atoms with Gasteiger partial charge in [0, 0.05) is 10.8 Å². The van der Waals surface area contributed by atoms with Crippen molar-refractivity contribution in [2.75, 3.05) is 16.3 Å². The van der Waals surface area contributed by atoms with Gasteiger partial charge in [-0.2, -0.15) is 23.7 Å². The summed E-state index contributed by atoms with van der Waals surface area (Å²) in [6, 6.07) is 25.8. The summed E-state index contributed by atoms with van der Waals surface area (Å²) in [7, 11) is -4.50. The molecule has 5 aromatic carbocycles. The lowest BCUT2D eigenvalue weighted by Gasteiger charge is -2.08. The highest BCUT2D eigenvalue weighted by Gasteiger charge is 2.19. The largest absolute Gasteiger partial charge is 0.478 e. The second kappa shape index (κ2) is 13.7. The molecule has 1 aliphatic carbocycles. The van der Waals surface area contributed by atoms with E-state index in [1.807, 2.05) is 24.3 Å². The minimum Gasteiger partial charge on any atom is -0.478 e. The van der Waals surface area contributed by atoms with Crippen molar-refractivity contribution in [3.63, 3.8) is 0 Å². The number of ketones is 1. The van der Waals surface area contributed by atoms with Crippen LogP contribution in [0.3, 0.4) is 0 Å². The number of carbonyl (C=O) groups excluding carboxylic acids is 1. The quantitative estimate of drug-likeness (QED) is 0.0656. The Kier molecular flexibility index (Phi) is 9.07. The molecule has 0 fully saturated rings. The summed E-state index contributed by atoms with van der Waals surface area (Å²) >= 11 is 0. The van der Waals surface area contributed by atoms with E-state index in [2.05, 4.69) is 31.6 Å². The fraction of sp³-hybridized carbons (Fsp3) is 0. The summed E-state index contributed by atoms with van der Waals surface area (Å²) in [6.45, 7) is 0. The van der Waals surface area contributed by atoms with Crippen LogP contribution in [0, 0.1) is 0 Å². The Morgan fingerprint density at radius 1 is 0.660 bits per heavy atom. The number of fused-ring (bicyclic) bond motifs is 1. The Labute approximate surface area is 282 Å². The van der Waals surface area contributed by atoms with Crippen LogP contribution in [0.4, 0.5) is 17.1 Å². The number of hydrogen-bond donors (Lipinski definition) is 5. The van der Waals surface area contributed by atoms with Crippen molar-refractivity contribution in [2.24, 2.45) is 15.3 Å². The van der Waals surface area contributed by atoms with E-state index in [-0.39, 0.29) is 26.9 Å². The lowest BCUT2D eigenvalue weighted by atomic mass is 10.0. The number of carbonyl (C=O) groups is 2. The fourth-order valence-electron chi connectivity index (χ4n) is 4.93. The highest BCUT2D eigenvalue weighted by atomic mass is 32.2. The highest BCUT2D eigenvalue weighted by molar-refractivity contribution is 7.86. The number of benzene rings is 5. The summed E-state index contributed by atoms with van der Waals surface area (Å²) in [5.74, 6) is -1.92. The zero-order chi connectivity index (χ0) is 35.4. The molecule has 0 amide bonds. The van der Waals surface area contributed by atoms with Crippen LogP contribution in [-0.4, -0.2) is 35.5 Å². The first-order chi connectivity index (χ1) is 24.0. The van der Waals surface area contributed by atoms with Crippen molar-refractivity contribution in [3.05, 3.63) is 152 Å². The standard InChI is InChI=1S/C35H24N6O8S/c42-30-16-13-24(19-27(30)35(45)46)38-36-22-9-5-20(6-10-22)21-7-11-23(12-8-21)37-40-29-14-17-31(43)33(34(29)44)41-39-28-15-18-32(50(47,48)49)26-4-2-1-3-25(26)28/h1-19,36-37,39H,(H,45,46)(H,47,48,49)/b38-24-,40-29+,41-33-. The number of nitrogens with zero attached hydrogens (tertiary/aromatic N) is 3. The summed E-state index contributed by atoms with van der Waals surface area (Å²) < 4.78 is 33.2. The molecular weight excluding hydrogens is 664 g/mol. The van der Waals surface area contributed by atoms with Gasteiger partial charge in [-0.3, -0.25) is 35.2 Å². The maximum Gasteiger partial charge on any atom is 0.339 e. The predicted octanol–water partition coefficient (Wildman–Crippen LogP) is 3.12. The first-order valence-electron chi connectivity index (χ1n) is 14.6. The lowest BCUT2D eigenvalue weighted by molar-refractivity contribution is -0.134. The number of anilines is 3. The van der Waals surface area contributed by atoms with E-state index < -0.39 is 38.1 Å². The van der Waals surface area contributed by atoms with Crippen LogP contribution in [0.1, 0.15) is 0 Å². The van der Waals surface area contributed by atoms with Crippen molar-refractivity contribution in [3.8, 4) is 11.1 Å². The molecule has 0 saturated carbocycles. The molecule has 1 aliphatic rings. The van der Waals surface area contributed by atoms with E-state index in [0.29, 0.717) is 22.4 Å². The van der Waals surface area contributed by atoms with Crippen molar-refractivity contribution < 1.29 is 27.7 Å². The van der Waals surface area contributed by atoms with Gasteiger partial charge < -0.3 is 5.11 Å². The van der Waals surface area contributed by atoms with Crippen molar-refractivity contribution in [2.45, 2.75) is 4.90 Å². The highest BCUT2D eigenvalue weighted by Crippen LogP contribution is 2.29. The SMILES string of the molecule is O=C(O)C1=C/C(=N\Nc2ccc(-c3ccc(N/N=c4\ccc(=O)/c(=N/Nc5ccc(S(=O)(=O)O)c6ccccc56)c4=O)cc3)cc2)C=CC1=O. The number of nitrogens with one attached hydrogen (secondary N) is 3. The molecule has 0 radical (unpaired) electrons. The van der Waals surface area contributed by atoms with Crippen LogP contribution in [0.5, 0.6) is 0 Å². The number of rotatable bonds is 9. The first kappa shape index (κ1) is 33.1. The molecular formula is C35H24N6O8S. The van der Waals surface area contributed by atoms with Crippen LogP contribution < -0.4 is 37.8 Å². The van der Waals surface area contributed by atoms with Crippen LogP contribution in [0.15, 0.2) is 151 Å². The molecule has 6 rings (SSSR count). The third kappa shape index (κ3) is 7.18. The molecule has 5 N–H and O–H groups in total. The van der Waals surface area contributed by atoms with Gasteiger partial charge in [0.05, 0.1) is 22.8 Å².